The molecular formula is C19H21N3O3S2. The number of piperidine rings is 1. The molecule has 3 aromatic rings. The van der Waals surface area contributed by atoms with Crippen LogP contribution in [0.25, 0.3) is 9.53 Å². The van der Waals surface area contributed by atoms with Gasteiger partial charge in [-0.25, -0.2) is 4.98 Å². The maximum Gasteiger partial charge on any atom is 0.265 e. The number of ether oxygens (including phenoxy) is 2. The lowest BCUT2D eigenvalue weighted by atomic mass is 10.1. The van der Waals surface area contributed by atoms with Crippen molar-refractivity contribution in [2.24, 2.45) is 0 Å². The summed E-state index contributed by atoms with van der Waals surface area (Å²) in [7, 11) is 3.15. The molecule has 0 saturated carbocycles. The molecule has 2 aromatic heterocycles. The maximum absolute atomic E-state index is 12.6. The number of hydrogen-bond acceptors (Lipinski definition) is 7. The monoisotopic (exact) mass is 403 g/mol. The van der Waals surface area contributed by atoms with E-state index in [0.29, 0.717) is 22.1 Å². The lowest BCUT2D eigenvalue weighted by molar-refractivity contribution is 0.103. The fraction of sp³-hybridized carbons (Fsp3) is 0.368. The summed E-state index contributed by atoms with van der Waals surface area (Å²) in [6, 6.07) is 7.25. The Hall–Kier alpha value is -2.32. The van der Waals surface area contributed by atoms with Crippen LogP contribution < -0.4 is 19.7 Å². The number of aromatic nitrogens is 1. The fourth-order valence-corrected chi connectivity index (χ4v) is 5.32. The minimum atomic E-state index is -0.142. The van der Waals surface area contributed by atoms with Crippen molar-refractivity contribution in [1.82, 2.24) is 4.98 Å². The Balaban J connectivity index is 1.50. The zero-order valence-electron chi connectivity index (χ0n) is 15.3. The van der Waals surface area contributed by atoms with E-state index in [0.717, 1.165) is 27.8 Å². The van der Waals surface area contributed by atoms with E-state index in [-0.39, 0.29) is 5.91 Å². The number of carbonyl (C=O) groups excluding carboxylic acids is 1. The first-order valence-corrected chi connectivity index (χ1v) is 10.5. The molecule has 1 aliphatic rings. The molecule has 27 heavy (non-hydrogen) atoms. The lowest BCUT2D eigenvalue weighted by Gasteiger charge is -2.25. The third-order valence-electron chi connectivity index (χ3n) is 4.57. The molecule has 0 bridgehead atoms. The number of thiazole rings is 1. The smallest absolute Gasteiger partial charge is 0.265 e. The summed E-state index contributed by atoms with van der Waals surface area (Å²) in [6.45, 7) is 2.15. The molecule has 142 valence electrons. The van der Waals surface area contributed by atoms with Crippen LogP contribution in [0.2, 0.25) is 0 Å². The average Bonchev–Trinajstić information content (AvgIpc) is 3.28. The lowest BCUT2D eigenvalue weighted by Crippen LogP contribution is -2.29. The number of nitrogens with zero attached hydrogens (tertiary/aromatic N) is 2. The molecule has 1 N–H and O–H groups in total. The molecule has 8 heteroatoms. The van der Waals surface area contributed by atoms with Gasteiger partial charge in [-0.05, 0) is 37.5 Å². The van der Waals surface area contributed by atoms with E-state index in [1.807, 2.05) is 6.07 Å². The number of benzene rings is 1. The molecule has 3 heterocycles. The van der Waals surface area contributed by atoms with Gasteiger partial charge in [0.25, 0.3) is 5.91 Å². The van der Waals surface area contributed by atoms with E-state index in [9.17, 15) is 4.79 Å². The summed E-state index contributed by atoms with van der Waals surface area (Å²) in [4.78, 5) is 21.3. The van der Waals surface area contributed by atoms with Crippen molar-refractivity contribution in [2.75, 3.05) is 37.5 Å². The number of thiophene rings is 1. The van der Waals surface area contributed by atoms with Crippen LogP contribution in [0, 0.1) is 0 Å². The minimum absolute atomic E-state index is 0.142. The Labute approximate surface area is 165 Å². The van der Waals surface area contributed by atoms with Gasteiger partial charge in [0.1, 0.15) is 4.83 Å². The SMILES string of the molecule is COc1ccc(NC(=O)c2cc3sc(N4CCCCC4)nc3s2)cc1OC. The second kappa shape index (κ2) is 7.74. The van der Waals surface area contributed by atoms with Gasteiger partial charge in [-0.2, -0.15) is 0 Å². The van der Waals surface area contributed by atoms with Gasteiger partial charge in [0, 0.05) is 24.8 Å². The molecular weight excluding hydrogens is 382 g/mol. The van der Waals surface area contributed by atoms with Crippen LogP contribution in [-0.2, 0) is 0 Å². The van der Waals surface area contributed by atoms with Crippen LogP contribution in [0.3, 0.4) is 0 Å². The van der Waals surface area contributed by atoms with Crippen molar-refractivity contribution < 1.29 is 14.3 Å². The van der Waals surface area contributed by atoms with Gasteiger partial charge in [0.05, 0.1) is 23.8 Å². The number of amides is 1. The number of hydrogen-bond donors (Lipinski definition) is 1. The largest absolute Gasteiger partial charge is 0.493 e. The van der Waals surface area contributed by atoms with E-state index in [1.165, 1.54) is 30.6 Å². The molecule has 6 nitrogen and oxygen atoms in total. The first kappa shape index (κ1) is 18.1. The highest BCUT2D eigenvalue weighted by molar-refractivity contribution is 7.29. The van der Waals surface area contributed by atoms with Gasteiger partial charge in [0.2, 0.25) is 0 Å². The Bertz CT molecular complexity index is 929. The molecule has 0 aliphatic carbocycles. The zero-order valence-corrected chi connectivity index (χ0v) is 16.9. The predicted molar refractivity (Wildman–Crippen MR) is 111 cm³/mol. The van der Waals surface area contributed by atoms with Crippen LogP contribution in [0.5, 0.6) is 11.5 Å². The van der Waals surface area contributed by atoms with Crippen LogP contribution in [0.4, 0.5) is 10.8 Å². The maximum atomic E-state index is 12.6. The van der Waals surface area contributed by atoms with Crippen molar-refractivity contribution in [3.8, 4) is 11.5 Å². The van der Waals surface area contributed by atoms with Crippen molar-refractivity contribution in [3.63, 3.8) is 0 Å². The number of anilines is 2. The highest BCUT2D eigenvalue weighted by atomic mass is 32.1. The normalized spacial score (nSPS) is 14.4. The molecule has 1 aliphatic heterocycles. The summed E-state index contributed by atoms with van der Waals surface area (Å²) in [5.74, 6) is 1.06. The van der Waals surface area contributed by atoms with E-state index < -0.39 is 0 Å². The molecule has 0 unspecified atom stereocenters. The summed E-state index contributed by atoms with van der Waals surface area (Å²) in [5, 5.41) is 3.99. The second-order valence-electron chi connectivity index (χ2n) is 6.35. The standard InChI is InChI=1S/C19H21N3O3S2/c1-24-13-7-6-12(10-14(13)25-2)20-17(23)15-11-16-18(26-15)21-19(27-16)22-8-4-3-5-9-22/h6-7,10-11H,3-5,8-9H2,1-2H3,(H,20,23). The summed E-state index contributed by atoms with van der Waals surface area (Å²) < 4.78 is 11.6. The Kier molecular flexibility index (Phi) is 5.18. The van der Waals surface area contributed by atoms with Crippen molar-refractivity contribution in [1.29, 1.82) is 0 Å². The van der Waals surface area contributed by atoms with Crippen LogP contribution in [0.1, 0.15) is 28.9 Å². The van der Waals surface area contributed by atoms with Crippen LogP contribution >= 0.6 is 22.7 Å². The quantitative estimate of drug-likeness (QED) is 0.674. The molecule has 1 fully saturated rings. The van der Waals surface area contributed by atoms with Crippen molar-refractivity contribution >= 4 is 48.9 Å². The first-order chi connectivity index (χ1) is 13.2. The molecule has 1 aromatic carbocycles. The van der Waals surface area contributed by atoms with Gasteiger partial charge < -0.3 is 19.7 Å². The Morgan fingerprint density at radius 2 is 1.85 bits per heavy atom. The second-order valence-corrected chi connectivity index (χ2v) is 8.39. The summed E-state index contributed by atoms with van der Waals surface area (Å²) >= 11 is 3.10. The van der Waals surface area contributed by atoms with E-state index in [4.69, 9.17) is 14.5 Å². The minimum Gasteiger partial charge on any atom is -0.493 e. The number of methoxy groups -OCH3 is 2. The molecule has 4 rings (SSSR count). The van der Waals surface area contributed by atoms with E-state index >= 15 is 0 Å². The predicted octanol–water partition coefficient (Wildman–Crippen LogP) is 4.62. The molecule has 0 spiro atoms. The molecule has 0 radical (unpaired) electrons. The van der Waals surface area contributed by atoms with Gasteiger partial charge in [-0.15, -0.1) is 11.3 Å². The molecule has 0 atom stereocenters. The molecule has 1 amide bonds. The number of carbonyl (C=O) groups is 1. The van der Waals surface area contributed by atoms with E-state index in [1.54, 1.807) is 43.8 Å². The summed E-state index contributed by atoms with van der Waals surface area (Å²) in [5.41, 5.74) is 0.663. The third-order valence-corrected chi connectivity index (χ3v) is 6.79. The van der Waals surface area contributed by atoms with Crippen molar-refractivity contribution in [3.05, 3.63) is 29.1 Å². The highest BCUT2D eigenvalue weighted by Gasteiger charge is 2.19. The fourth-order valence-electron chi connectivity index (χ4n) is 3.16. The van der Waals surface area contributed by atoms with Crippen LogP contribution in [0.15, 0.2) is 24.3 Å². The summed E-state index contributed by atoms with van der Waals surface area (Å²) in [6.07, 6.45) is 3.76. The number of nitrogens with one attached hydrogen (secondary N) is 1. The topological polar surface area (TPSA) is 63.7 Å². The van der Waals surface area contributed by atoms with Gasteiger partial charge in [-0.3, -0.25) is 4.79 Å². The van der Waals surface area contributed by atoms with Crippen LogP contribution in [-0.4, -0.2) is 38.2 Å². The van der Waals surface area contributed by atoms with E-state index in [2.05, 4.69) is 10.2 Å². The number of rotatable bonds is 5. The van der Waals surface area contributed by atoms with Gasteiger partial charge in [0.15, 0.2) is 16.6 Å². The van der Waals surface area contributed by atoms with Gasteiger partial charge >= 0.3 is 0 Å². The Morgan fingerprint density at radius 3 is 2.56 bits per heavy atom. The van der Waals surface area contributed by atoms with Gasteiger partial charge in [-0.1, -0.05) is 11.3 Å². The Morgan fingerprint density at radius 1 is 1.07 bits per heavy atom. The molecule has 1 saturated heterocycles. The third kappa shape index (κ3) is 3.72. The first-order valence-electron chi connectivity index (χ1n) is 8.86. The average molecular weight is 404 g/mol. The highest BCUT2D eigenvalue weighted by Crippen LogP contribution is 2.36. The number of fused-ring (bicyclic) bond motifs is 1. The zero-order chi connectivity index (χ0) is 18.8. The van der Waals surface area contributed by atoms with Crippen molar-refractivity contribution in [2.45, 2.75) is 19.3 Å².